The van der Waals surface area contributed by atoms with Gasteiger partial charge in [-0.3, -0.25) is 4.79 Å². The van der Waals surface area contributed by atoms with Crippen LogP contribution in [0.3, 0.4) is 0 Å². The molecule has 2 aromatic heterocycles. The number of thioether (sulfide) groups is 1. The zero-order chi connectivity index (χ0) is 22.6. The average molecular weight is 460 g/mol. The Morgan fingerprint density at radius 3 is 2.61 bits per heavy atom. The predicted octanol–water partition coefficient (Wildman–Crippen LogP) is 6.16. The molecule has 5 rings (SSSR count). The van der Waals surface area contributed by atoms with Crippen LogP contribution in [0.2, 0.25) is 0 Å². The molecule has 0 N–H and O–H groups in total. The van der Waals surface area contributed by atoms with Gasteiger partial charge >= 0.3 is 0 Å². The third-order valence-electron chi connectivity index (χ3n) is 6.45. The lowest BCUT2D eigenvalue weighted by atomic mass is 9.85. The molecule has 1 aliphatic rings. The molecule has 2 heterocycles. The highest BCUT2D eigenvalue weighted by molar-refractivity contribution is 7.98. The van der Waals surface area contributed by atoms with Crippen LogP contribution in [0, 0.1) is 12.8 Å². The molecule has 2 aromatic carbocycles. The first kappa shape index (κ1) is 22.0. The van der Waals surface area contributed by atoms with Crippen molar-refractivity contribution in [2.75, 3.05) is 0 Å². The number of rotatable bonds is 7. The van der Waals surface area contributed by atoms with Gasteiger partial charge in [0.05, 0.1) is 16.8 Å². The molecular formula is C27H29N3O2S. The van der Waals surface area contributed by atoms with Crippen molar-refractivity contribution in [2.24, 2.45) is 5.92 Å². The summed E-state index contributed by atoms with van der Waals surface area (Å²) in [5, 5.41) is 10.5. The molecule has 0 saturated heterocycles. The Hall–Kier alpha value is -2.86. The van der Waals surface area contributed by atoms with Crippen molar-refractivity contribution < 1.29 is 4.52 Å². The van der Waals surface area contributed by atoms with Gasteiger partial charge in [0.15, 0.2) is 5.76 Å². The minimum Gasteiger partial charge on any atom is -0.359 e. The molecule has 1 saturated carbocycles. The Morgan fingerprint density at radius 1 is 1.03 bits per heavy atom. The summed E-state index contributed by atoms with van der Waals surface area (Å²) in [4.78, 5) is 14.5. The number of nitrogens with zero attached hydrogens (tertiary/aromatic N) is 3. The summed E-state index contributed by atoms with van der Waals surface area (Å²) in [7, 11) is 0. The average Bonchev–Trinajstić information content (AvgIpc) is 3.26. The SMILES string of the molecule is Cc1cc(Cn2nc(CC3CCCCC3)c3ccc(SCc4ccccc4)cc3c2=O)on1. The van der Waals surface area contributed by atoms with E-state index in [0.29, 0.717) is 18.2 Å². The zero-order valence-electron chi connectivity index (χ0n) is 19.0. The maximum atomic E-state index is 13.4. The Bertz CT molecular complexity index is 1290. The molecule has 0 atom stereocenters. The van der Waals surface area contributed by atoms with Gasteiger partial charge in [-0.05, 0) is 37.0 Å². The maximum absolute atomic E-state index is 13.4. The summed E-state index contributed by atoms with van der Waals surface area (Å²) in [6.07, 6.45) is 7.32. The summed E-state index contributed by atoms with van der Waals surface area (Å²) in [6.45, 7) is 2.18. The quantitative estimate of drug-likeness (QED) is 0.310. The third kappa shape index (κ3) is 5.22. The summed E-state index contributed by atoms with van der Waals surface area (Å²) in [5.41, 5.74) is 3.02. The fraction of sp³-hybridized carbons (Fsp3) is 0.370. The lowest BCUT2D eigenvalue weighted by Gasteiger charge is -2.22. The minimum atomic E-state index is -0.0754. The lowest BCUT2D eigenvalue weighted by molar-refractivity contribution is 0.348. The number of hydrogen-bond acceptors (Lipinski definition) is 5. The molecule has 4 aromatic rings. The minimum absolute atomic E-state index is 0.0754. The van der Waals surface area contributed by atoms with Crippen LogP contribution in [-0.2, 0) is 18.7 Å². The molecule has 1 fully saturated rings. The first-order valence-electron chi connectivity index (χ1n) is 11.8. The van der Waals surface area contributed by atoms with E-state index in [0.717, 1.165) is 39.2 Å². The van der Waals surface area contributed by atoms with Crippen LogP contribution in [0.5, 0.6) is 0 Å². The highest BCUT2D eigenvalue weighted by Crippen LogP contribution is 2.30. The topological polar surface area (TPSA) is 60.9 Å². The molecule has 1 aliphatic carbocycles. The monoisotopic (exact) mass is 459 g/mol. The predicted molar refractivity (Wildman–Crippen MR) is 133 cm³/mol. The van der Waals surface area contributed by atoms with Gasteiger partial charge in [-0.2, -0.15) is 5.10 Å². The second kappa shape index (κ2) is 9.96. The molecule has 5 nitrogen and oxygen atoms in total. The highest BCUT2D eigenvalue weighted by Gasteiger charge is 2.19. The van der Waals surface area contributed by atoms with Crippen LogP contribution in [0.4, 0.5) is 0 Å². The van der Waals surface area contributed by atoms with Gasteiger partial charge < -0.3 is 4.52 Å². The van der Waals surface area contributed by atoms with E-state index in [4.69, 9.17) is 9.62 Å². The van der Waals surface area contributed by atoms with Gasteiger partial charge in [0.1, 0.15) is 6.54 Å². The summed E-state index contributed by atoms with van der Waals surface area (Å²) >= 11 is 1.75. The van der Waals surface area contributed by atoms with E-state index in [9.17, 15) is 4.79 Å². The molecular weight excluding hydrogens is 430 g/mol. The molecule has 0 radical (unpaired) electrons. The molecule has 0 bridgehead atoms. The van der Waals surface area contributed by atoms with Gasteiger partial charge in [-0.15, -0.1) is 11.8 Å². The van der Waals surface area contributed by atoms with Gasteiger partial charge in [-0.1, -0.05) is 73.7 Å². The maximum Gasteiger partial charge on any atom is 0.275 e. The first-order chi connectivity index (χ1) is 16.2. The van der Waals surface area contributed by atoms with Gasteiger partial charge in [0.2, 0.25) is 0 Å². The molecule has 170 valence electrons. The van der Waals surface area contributed by atoms with E-state index in [1.165, 1.54) is 37.7 Å². The standard InChI is InChI=1S/C27H29N3O2S/c1-19-14-22(32-29-19)17-30-27(31)25-16-23(33-18-21-10-6-3-7-11-21)12-13-24(25)26(28-30)15-20-8-4-2-5-9-20/h3,6-7,10-14,16,20H,2,4-5,8-9,15,17-18H2,1H3. The zero-order valence-corrected chi connectivity index (χ0v) is 19.8. The van der Waals surface area contributed by atoms with Crippen molar-refractivity contribution in [1.29, 1.82) is 0 Å². The smallest absolute Gasteiger partial charge is 0.275 e. The van der Waals surface area contributed by atoms with Crippen molar-refractivity contribution in [3.05, 3.63) is 87.7 Å². The normalized spacial score (nSPS) is 14.7. The highest BCUT2D eigenvalue weighted by atomic mass is 32.2. The third-order valence-corrected chi connectivity index (χ3v) is 7.51. The summed E-state index contributed by atoms with van der Waals surface area (Å²) in [5.74, 6) is 2.16. The number of aryl methyl sites for hydroxylation is 1. The van der Waals surface area contributed by atoms with E-state index in [1.807, 2.05) is 25.1 Å². The van der Waals surface area contributed by atoms with Gasteiger partial charge in [0.25, 0.3) is 5.56 Å². The van der Waals surface area contributed by atoms with Crippen LogP contribution < -0.4 is 5.56 Å². The first-order valence-corrected chi connectivity index (χ1v) is 12.8. The molecule has 0 unspecified atom stereocenters. The van der Waals surface area contributed by atoms with Crippen molar-refractivity contribution in [3.8, 4) is 0 Å². The molecule has 0 aliphatic heterocycles. The van der Waals surface area contributed by atoms with Gasteiger partial charge in [0, 0.05) is 22.1 Å². The number of hydrogen-bond donors (Lipinski definition) is 0. The van der Waals surface area contributed by atoms with Crippen molar-refractivity contribution in [3.63, 3.8) is 0 Å². The van der Waals surface area contributed by atoms with Crippen LogP contribution in [0.15, 0.2) is 68.8 Å². The molecule has 0 amide bonds. The largest absolute Gasteiger partial charge is 0.359 e. The second-order valence-electron chi connectivity index (χ2n) is 9.03. The van der Waals surface area contributed by atoms with Crippen molar-refractivity contribution in [2.45, 2.75) is 62.6 Å². The van der Waals surface area contributed by atoms with Crippen LogP contribution in [-0.4, -0.2) is 14.9 Å². The Balaban J connectivity index is 1.50. The molecule has 33 heavy (non-hydrogen) atoms. The van der Waals surface area contributed by atoms with Gasteiger partial charge in [-0.25, -0.2) is 4.68 Å². The van der Waals surface area contributed by atoms with Crippen LogP contribution in [0.1, 0.15) is 54.8 Å². The van der Waals surface area contributed by atoms with Crippen molar-refractivity contribution in [1.82, 2.24) is 14.9 Å². The van der Waals surface area contributed by atoms with Crippen molar-refractivity contribution >= 4 is 22.5 Å². The Morgan fingerprint density at radius 2 is 1.85 bits per heavy atom. The number of aromatic nitrogens is 3. The fourth-order valence-electron chi connectivity index (χ4n) is 4.73. The fourth-order valence-corrected chi connectivity index (χ4v) is 5.62. The molecule has 0 spiro atoms. The second-order valence-corrected chi connectivity index (χ2v) is 10.1. The summed E-state index contributed by atoms with van der Waals surface area (Å²) in [6, 6.07) is 18.5. The van der Waals surface area contributed by atoms with Crippen LogP contribution >= 0.6 is 11.8 Å². The number of benzene rings is 2. The Kier molecular flexibility index (Phi) is 6.63. The van der Waals surface area contributed by atoms with Crippen LogP contribution in [0.25, 0.3) is 10.8 Å². The summed E-state index contributed by atoms with van der Waals surface area (Å²) < 4.78 is 6.94. The van der Waals surface area contributed by atoms with E-state index in [1.54, 1.807) is 16.4 Å². The van der Waals surface area contributed by atoms with E-state index < -0.39 is 0 Å². The molecule has 6 heteroatoms. The van der Waals surface area contributed by atoms with E-state index in [-0.39, 0.29) is 5.56 Å². The Labute approximate surface area is 198 Å². The van der Waals surface area contributed by atoms with E-state index >= 15 is 0 Å². The van der Waals surface area contributed by atoms with E-state index in [2.05, 4.69) is 41.6 Å². The number of fused-ring (bicyclic) bond motifs is 1. The lowest BCUT2D eigenvalue weighted by Crippen LogP contribution is -2.26.